The Hall–Kier alpha value is -3.62. The molecule has 2 aromatic rings. The van der Waals surface area contributed by atoms with Gasteiger partial charge in [-0.15, -0.1) is 0 Å². The Kier molecular flexibility index (Phi) is 6.32. The fourth-order valence-corrected chi connectivity index (χ4v) is 2.36. The molecule has 3 N–H and O–H groups in total. The third kappa shape index (κ3) is 5.43. The number of nitro benzene ring substituents is 1. The van der Waals surface area contributed by atoms with Gasteiger partial charge in [0, 0.05) is 24.7 Å². The summed E-state index contributed by atoms with van der Waals surface area (Å²) in [7, 11) is 1.49. The van der Waals surface area contributed by atoms with E-state index in [2.05, 4.69) is 16.0 Å². The number of hydrogen-bond acceptors (Lipinski definition) is 6. The maximum atomic E-state index is 12.2. The number of carbonyl (C=O) groups is 2. The molecule has 0 atom stereocenters. The lowest BCUT2D eigenvalue weighted by Gasteiger charge is -2.14. The fraction of sp³-hybridized carbons (Fsp3) is 0.222. The Bertz CT molecular complexity index is 882. The lowest BCUT2D eigenvalue weighted by molar-refractivity contribution is -0.384. The number of ether oxygens (including phenoxy) is 1. The molecule has 0 aliphatic rings. The van der Waals surface area contributed by atoms with E-state index in [-0.39, 0.29) is 24.0 Å². The number of hydrogen-bond donors (Lipinski definition) is 3. The zero-order valence-corrected chi connectivity index (χ0v) is 15.2. The lowest BCUT2D eigenvalue weighted by Crippen LogP contribution is -2.22. The molecule has 2 aromatic carbocycles. The first-order valence-electron chi connectivity index (χ1n) is 8.04. The van der Waals surface area contributed by atoms with Gasteiger partial charge in [-0.1, -0.05) is 6.07 Å². The van der Waals surface area contributed by atoms with Crippen molar-refractivity contribution in [3.8, 4) is 5.75 Å². The molecule has 142 valence electrons. The molecular weight excluding hydrogens is 352 g/mol. The van der Waals surface area contributed by atoms with Crippen molar-refractivity contribution < 1.29 is 19.2 Å². The van der Waals surface area contributed by atoms with Gasteiger partial charge in [0.25, 0.3) is 5.69 Å². The number of nitro groups is 1. The topological polar surface area (TPSA) is 123 Å². The summed E-state index contributed by atoms with van der Waals surface area (Å²) in [5, 5.41) is 19.1. The van der Waals surface area contributed by atoms with E-state index in [9.17, 15) is 19.7 Å². The summed E-state index contributed by atoms with van der Waals surface area (Å²) in [5.74, 6) is -0.0981. The van der Waals surface area contributed by atoms with Gasteiger partial charge < -0.3 is 20.7 Å². The molecule has 0 bridgehead atoms. The maximum absolute atomic E-state index is 12.2. The molecule has 0 aliphatic heterocycles. The molecule has 0 unspecified atom stereocenters. The summed E-state index contributed by atoms with van der Waals surface area (Å²) in [4.78, 5) is 33.8. The quantitative estimate of drug-likeness (QED) is 0.507. The van der Waals surface area contributed by atoms with Crippen LogP contribution < -0.4 is 20.7 Å². The van der Waals surface area contributed by atoms with E-state index >= 15 is 0 Å². The Labute approximate surface area is 155 Å². The highest BCUT2D eigenvalue weighted by Gasteiger charge is 2.12. The van der Waals surface area contributed by atoms with Gasteiger partial charge in [-0.3, -0.25) is 19.7 Å². The van der Waals surface area contributed by atoms with Crippen LogP contribution in [0, 0.1) is 17.0 Å². The predicted octanol–water partition coefficient (Wildman–Crippen LogP) is 2.92. The second-order valence-electron chi connectivity index (χ2n) is 5.75. The molecule has 2 amide bonds. The summed E-state index contributed by atoms with van der Waals surface area (Å²) in [6.45, 7) is 3.04. The number of nitrogens with zero attached hydrogens (tertiary/aromatic N) is 1. The van der Waals surface area contributed by atoms with Gasteiger partial charge in [-0.05, 0) is 30.7 Å². The van der Waals surface area contributed by atoms with Gasteiger partial charge in [0.1, 0.15) is 5.75 Å². The highest BCUT2D eigenvalue weighted by atomic mass is 16.6. The van der Waals surface area contributed by atoms with Gasteiger partial charge >= 0.3 is 0 Å². The number of carbonyl (C=O) groups excluding carboxylic acids is 2. The Morgan fingerprint density at radius 1 is 1.11 bits per heavy atom. The number of methoxy groups -OCH3 is 1. The number of aryl methyl sites for hydroxylation is 1. The normalized spacial score (nSPS) is 10.0. The standard InChI is InChI=1S/C18H20N4O5/c1-11-4-6-14(22(25)26)9-15(11)21-18(24)10-19-16-8-13(20-12(2)23)5-7-17(16)27-3/h4-9,19H,10H2,1-3H3,(H,20,23)(H,21,24). The van der Waals surface area contributed by atoms with Crippen LogP contribution in [-0.2, 0) is 9.59 Å². The average Bonchev–Trinajstić information content (AvgIpc) is 2.61. The van der Waals surface area contributed by atoms with Gasteiger partial charge in [-0.2, -0.15) is 0 Å². The Balaban J connectivity index is 2.08. The molecule has 0 spiro atoms. The molecule has 0 heterocycles. The molecule has 0 fully saturated rings. The minimum absolute atomic E-state index is 0.0952. The van der Waals surface area contributed by atoms with E-state index in [0.29, 0.717) is 28.4 Å². The second-order valence-corrected chi connectivity index (χ2v) is 5.75. The number of nitrogens with one attached hydrogen (secondary N) is 3. The van der Waals surface area contributed by atoms with Crippen LogP contribution in [0.25, 0.3) is 0 Å². The minimum Gasteiger partial charge on any atom is -0.495 e. The second kappa shape index (κ2) is 8.65. The zero-order chi connectivity index (χ0) is 20.0. The molecule has 0 saturated heterocycles. The molecule has 27 heavy (non-hydrogen) atoms. The number of amides is 2. The molecule has 0 radical (unpaired) electrons. The van der Waals surface area contributed by atoms with Crippen LogP contribution in [0.15, 0.2) is 36.4 Å². The third-order valence-electron chi connectivity index (χ3n) is 3.67. The summed E-state index contributed by atoms with van der Waals surface area (Å²) in [6.07, 6.45) is 0. The molecule has 9 nitrogen and oxygen atoms in total. The largest absolute Gasteiger partial charge is 0.495 e. The van der Waals surface area contributed by atoms with Crippen molar-refractivity contribution in [3.05, 3.63) is 52.1 Å². The first kappa shape index (κ1) is 19.7. The minimum atomic E-state index is -0.522. The van der Waals surface area contributed by atoms with E-state index in [4.69, 9.17) is 4.74 Å². The maximum Gasteiger partial charge on any atom is 0.271 e. The van der Waals surface area contributed by atoms with Gasteiger partial charge in [-0.25, -0.2) is 0 Å². The number of anilines is 3. The SMILES string of the molecule is COc1ccc(NC(C)=O)cc1NCC(=O)Nc1cc([N+](=O)[O-])ccc1C. The van der Waals surface area contributed by atoms with Gasteiger partial charge in [0.2, 0.25) is 11.8 Å². The van der Waals surface area contributed by atoms with Crippen LogP contribution >= 0.6 is 0 Å². The fourth-order valence-electron chi connectivity index (χ4n) is 2.36. The number of benzene rings is 2. The van der Waals surface area contributed by atoms with Crippen molar-refractivity contribution >= 4 is 34.6 Å². The van der Waals surface area contributed by atoms with Crippen molar-refractivity contribution in [2.75, 3.05) is 29.6 Å². The predicted molar refractivity (Wildman–Crippen MR) is 102 cm³/mol. The van der Waals surface area contributed by atoms with Gasteiger partial charge in [0.05, 0.1) is 30.0 Å². The summed E-state index contributed by atoms with van der Waals surface area (Å²) >= 11 is 0. The lowest BCUT2D eigenvalue weighted by atomic mass is 10.2. The third-order valence-corrected chi connectivity index (χ3v) is 3.67. The number of non-ortho nitro benzene ring substituents is 1. The van der Waals surface area contributed by atoms with Crippen LogP contribution in [0.1, 0.15) is 12.5 Å². The van der Waals surface area contributed by atoms with Crippen LogP contribution in [0.3, 0.4) is 0 Å². The van der Waals surface area contributed by atoms with E-state index in [1.165, 1.54) is 26.2 Å². The van der Waals surface area contributed by atoms with Crippen molar-refractivity contribution in [2.45, 2.75) is 13.8 Å². The highest BCUT2D eigenvalue weighted by molar-refractivity contribution is 5.95. The van der Waals surface area contributed by atoms with Crippen molar-refractivity contribution in [3.63, 3.8) is 0 Å². The first-order valence-corrected chi connectivity index (χ1v) is 8.04. The zero-order valence-electron chi connectivity index (χ0n) is 15.2. The molecular formula is C18H20N4O5. The average molecular weight is 372 g/mol. The van der Waals surface area contributed by atoms with Crippen molar-refractivity contribution in [2.24, 2.45) is 0 Å². The van der Waals surface area contributed by atoms with Crippen molar-refractivity contribution in [1.29, 1.82) is 0 Å². The summed E-state index contributed by atoms with van der Waals surface area (Å²) < 4.78 is 5.24. The number of rotatable bonds is 7. The Morgan fingerprint density at radius 3 is 2.48 bits per heavy atom. The van der Waals surface area contributed by atoms with E-state index < -0.39 is 4.92 Å². The van der Waals surface area contributed by atoms with E-state index in [0.717, 1.165) is 0 Å². The van der Waals surface area contributed by atoms with Crippen LogP contribution in [-0.4, -0.2) is 30.4 Å². The monoisotopic (exact) mass is 372 g/mol. The summed E-state index contributed by atoms with van der Waals surface area (Å²) in [6, 6.07) is 9.24. The molecule has 2 rings (SSSR count). The van der Waals surface area contributed by atoms with Crippen molar-refractivity contribution in [1.82, 2.24) is 0 Å². The molecule has 0 aliphatic carbocycles. The summed E-state index contributed by atoms with van der Waals surface area (Å²) in [5.41, 5.74) is 2.05. The highest BCUT2D eigenvalue weighted by Crippen LogP contribution is 2.28. The van der Waals surface area contributed by atoms with Gasteiger partial charge in [0.15, 0.2) is 0 Å². The first-order chi connectivity index (χ1) is 12.8. The van der Waals surface area contributed by atoms with Crippen LogP contribution in [0.5, 0.6) is 5.75 Å². The molecule has 0 saturated carbocycles. The molecule has 0 aromatic heterocycles. The van der Waals surface area contributed by atoms with Crippen LogP contribution in [0.2, 0.25) is 0 Å². The van der Waals surface area contributed by atoms with Crippen LogP contribution in [0.4, 0.5) is 22.7 Å². The Morgan fingerprint density at radius 2 is 1.85 bits per heavy atom. The molecule has 9 heteroatoms. The van der Waals surface area contributed by atoms with E-state index in [1.54, 1.807) is 31.2 Å². The smallest absolute Gasteiger partial charge is 0.271 e. The van der Waals surface area contributed by atoms with E-state index in [1.807, 2.05) is 0 Å².